The van der Waals surface area contributed by atoms with Crippen LogP contribution in [-0.4, -0.2) is 24.1 Å². The lowest BCUT2D eigenvalue weighted by atomic mass is 10.1. The lowest BCUT2D eigenvalue weighted by molar-refractivity contribution is 0.141. The average molecular weight is 124 g/mol. The van der Waals surface area contributed by atoms with Crippen molar-refractivity contribution in [3.63, 3.8) is 0 Å². The molecule has 2 nitrogen and oxygen atoms in total. The van der Waals surface area contributed by atoms with Crippen molar-refractivity contribution in [1.82, 2.24) is 10.4 Å². The predicted octanol–water partition coefficient (Wildman–Crippen LogP) is 0.525. The van der Waals surface area contributed by atoms with E-state index in [1.807, 2.05) is 0 Å². The molecule has 2 aliphatic rings. The minimum absolute atomic E-state index is 0.707. The first kappa shape index (κ1) is 5.45. The van der Waals surface area contributed by atoms with Crippen molar-refractivity contribution in [3.05, 3.63) is 12.2 Å². The maximum Gasteiger partial charge on any atom is 0.0427 e. The van der Waals surface area contributed by atoms with Gasteiger partial charge >= 0.3 is 0 Å². The van der Waals surface area contributed by atoms with Crippen molar-refractivity contribution >= 4 is 0 Å². The zero-order valence-electron chi connectivity index (χ0n) is 5.51. The van der Waals surface area contributed by atoms with E-state index in [1.165, 1.54) is 12.8 Å². The normalized spacial score (nSPS) is 34.9. The van der Waals surface area contributed by atoms with Crippen molar-refractivity contribution in [3.8, 4) is 0 Å². The average Bonchev–Trinajstić information content (AvgIpc) is 2.33. The Balaban J connectivity index is 2.03. The number of fused-ring (bicyclic) bond motifs is 1. The molecule has 0 aromatic rings. The summed E-state index contributed by atoms with van der Waals surface area (Å²) in [5.41, 5.74) is 3.35. The molecule has 0 aliphatic carbocycles. The maximum absolute atomic E-state index is 3.35. The Kier molecular flexibility index (Phi) is 1.28. The van der Waals surface area contributed by atoms with Crippen LogP contribution in [0.3, 0.4) is 0 Å². The van der Waals surface area contributed by atoms with E-state index in [0.717, 1.165) is 13.1 Å². The fourth-order valence-electron chi connectivity index (χ4n) is 1.54. The molecule has 0 aromatic carbocycles. The van der Waals surface area contributed by atoms with E-state index in [1.54, 1.807) is 0 Å². The standard InChI is InChI=1S/C7H12N2/c1-3-7-4-2-6-9(7)8-5-1/h2,4,7-8H,1,3,5-6H2. The molecular formula is C7H12N2. The summed E-state index contributed by atoms with van der Waals surface area (Å²) in [6, 6.07) is 0.707. The first-order valence-corrected chi connectivity index (χ1v) is 3.63. The maximum atomic E-state index is 3.35. The van der Waals surface area contributed by atoms with Crippen LogP contribution < -0.4 is 5.43 Å². The molecule has 1 fully saturated rings. The number of nitrogens with one attached hydrogen (secondary N) is 1. The van der Waals surface area contributed by atoms with Crippen molar-refractivity contribution < 1.29 is 0 Å². The molecule has 2 heterocycles. The zero-order valence-corrected chi connectivity index (χ0v) is 5.51. The minimum atomic E-state index is 0.707. The summed E-state index contributed by atoms with van der Waals surface area (Å²) in [6.45, 7) is 2.27. The zero-order chi connectivity index (χ0) is 6.10. The summed E-state index contributed by atoms with van der Waals surface area (Å²) in [6.07, 6.45) is 7.20. The molecule has 0 radical (unpaired) electrons. The summed E-state index contributed by atoms with van der Waals surface area (Å²) in [7, 11) is 0. The van der Waals surface area contributed by atoms with Gasteiger partial charge in [-0.3, -0.25) is 5.43 Å². The minimum Gasteiger partial charge on any atom is -0.254 e. The van der Waals surface area contributed by atoms with Gasteiger partial charge in [-0.2, -0.15) is 0 Å². The summed E-state index contributed by atoms with van der Waals surface area (Å²) >= 11 is 0. The highest BCUT2D eigenvalue weighted by Crippen LogP contribution is 2.15. The molecule has 2 heteroatoms. The Morgan fingerprint density at radius 1 is 1.56 bits per heavy atom. The molecule has 1 N–H and O–H groups in total. The monoisotopic (exact) mass is 124 g/mol. The second kappa shape index (κ2) is 2.12. The third-order valence-electron chi connectivity index (χ3n) is 2.05. The highest BCUT2D eigenvalue weighted by atomic mass is 15.5. The molecule has 2 rings (SSSR count). The van der Waals surface area contributed by atoms with Gasteiger partial charge < -0.3 is 0 Å². The van der Waals surface area contributed by atoms with Gasteiger partial charge in [0.15, 0.2) is 0 Å². The number of nitrogens with zero attached hydrogens (tertiary/aromatic N) is 1. The van der Waals surface area contributed by atoms with E-state index < -0.39 is 0 Å². The number of hydrogen-bond donors (Lipinski definition) is 1. The fraction of sp³-hybridized carbons (Fsp3) is 0.714. The van der Waals surface area contributed by atoms with Crippen LogP contribution in [0.4, 0.5) is 0 Å². The van der Waals surface area contributed by atoms with Gasteiger partial charge in [0.1, 0.15) is 0 Å². The van der Waals surface area contributed by atoms with Crippen LogP contribution in [0.25, 0.3) is 0 Å². The van der Waals surface area contributed by atoms with Crippen molar-refractivity contribution in [2.24, 2.45) is 0 Å². The first-order chi connectivity index (χ1) is 4.47. The molecule has 2 aliphatic heterocycles. The van der Waals surface area contributed by atoms with Gasteiger partial charge in [0.05, 0.1) is 0 Å². The highest BCUT2D eigenvalue weighted by Gasteiger charge is 2.21. The van der Waals surface area contributed by atoms with Crippen molar-refractivity contribution in [2.75, 3.05) is 13.1 Å². The van der Waals surface area contributed by atoms with Gasteiger partial charge in [-0.05, 0) is 12.8 Å². The molecule has 1 saturated heterocycles. The van der Waals surface area contributed by atoms with Gasteiger partial charge in [0.2, 0.25) is 0 Å². The van der Waals surface area contributed by atoms with E-state index in [4.69, 9.17) is 0 Å². The smallest absolute Gasteiger partial charge is 0.0427 e. The van der Waals surface area contributed by atoms with E-state index in [9.17, 15) is 0 Å². The Bertz CT molecular complexity index is 131. The molecule has 0 aromatic heterocycles. The van der Waals surface area contributed by atoms with Gasteiger partial charge in [-0.15, -0.1) is 0 Å². The lowest BCUT2D eigenvalue weighted by Gasteiger charge is -2.29. The summed E-state index contributed by atoms with van der Waals surface area (Å²) in [5.74, 6) is 0. The number of rotatable bonds is 0. The van der Waals surface area contributed by atoms with Crippen LogP contribution in [-0.2, 0) is 0 Å². The molecule has 0 saturated carbocycles. The van der Waals surface area contributed by atoms with Crippen molar-refractivity contribution in [1.29, 1.82) is 0 Å². The van der Waals surface area contributed by atoms with Crippen LogP contribution >= 0.6 is 0 Å². The first-order valence-electron chi connectivity index (χ1n) is 3.63. The number of hydrogen-bond acceptors (Lipinski definition) is 2. The Labute approximate surface area is 55.5 Å². The molecule has 1 unspecified atom stereocenters. The fourth-order valence-corrected chi connectivity index (χ4v) is 1.54. The molecule has 1 atom stereocenters. The molecular weight excluding hydrogens is 112 g/mol. The van der Waals surface area contributed by atoms with Crippen LogP contribution in [0.1, 0.15) is 12.8 Å². The lowest BCUT2D eigenvalue weighted by Crippen LogP contribution is -2.46. The Morgan fingerprint density at radius 3 is 3.44 bits per heavy atom. The van der Waals surface area contributed by atoms with Gasteiger partial charge in [0, 0.05) is 19.1 Å². The molecule has 9 heavy (non-hydrogen) atoms. The molecule has 0 spiro atoms. The van der Waals surface area contributed by atoms with Gasteiger partial charge in [0.25, 0.3) is 0 Å². The second-order valence-corrected chi connectivity index (χ2v) is 2.70. The summed E-state index contributed by atoms with van der Waals surface area (Å²) in [4.78, 5) is 0. The van der Waals surface area contributed by atoms with Crippen molar-refractivity contribution in [2.45, 2.75) is 18.9 Å². The van der Waals surface area contributed by atoms with Crippen LogP contribution in [0.5, 0.6) is 0 Å². The largest absolute Gasteiger partial charge is 0.254 e. The van der Waals surface area contributed by atoms with Crippen LogP contribution in [0.15, 0.2) is 12.2 Å². The third-order valence-corrected chi connectivity index (χ3v) is 2.05. The van der Waals surface area contributed by atoms with E-state index in [-0.39, 0.29) is 0 Å². The Morgan fingerprint density at radius 2 is 2.56 bits per heavy atom. The third kappa shape index (κ3) is 0.884. The second-order valence-electron chi connectivity index (χ2n) is 2.70. The predicted molar refractivity (Wildman–Crippen MR) is 36.9 cm³/mol. The SMILES string of the molecule is C1=CC2CCCNN2C1. The topological polar surface area (TPSA) is 15.3 Å². The quantitative estimate of drug-likeness (QED) is 0.474. The van der Waals surface area contributed by atoms with E-state index in [2.05, 4.69) is 22.6 Å². The van der Waals surface area contributed by atoms with E-state index >= 15 is 0 Å². The van der Waals surface area contributed by atoms with Crippen LogP contribution in [0, 0.1) is 0 Å². The molecule has 50 valence electrons. The summed E-state index contributed by atoms with van der Waals surface area (Å²) < 4.78 is 0. The van der Waals surface area contributed by atoms with E-state index in [0.29, 0.717) is 6.04 Å². The number of hydrazine groups is 1. The molecule has 0 amide bonds. The summed E-state index contributed by atoms with van der Waals surface area (Å²) in [5, 5.41) is 2.31. The Hall–Kier alpha value is -0.340. The highest BCUT2D eigenvalue weighted by molar-refractivity contribution is 5.03. The van der Waals surface area contributed by atoms with Gasteiger partial charge in [-0.1, -0.05) is 12.2 Å². The van der Waals surface area contributed by atoms with Gasteiger partial charge in [-0.25, -0.2) is 5.01 Å². The van der Waals surface area contributed by atoms with Crippen LogP contribution in [0.2, 0.25) is 0 Å². The molecule has 0 bridgehead atoms.